The molecule has 2 heterocycles. The van der Waals surface area contributed by atoms with E-state index in [-0.39, 0.29) is 35.8 Å². The molecule has 0 radical (unpaired) electrons. The van der Waals surface area contributed by atoms with Crippen LogP contribution in [0.2, 0.25) is 0 Å². The predicted molar refractivity (Wildman–Crippen MR) is 66.5 cm³/mol. The van der Waals surface area contributed by atoms with E-state index in [1.54, 1.807) is 12.4 Å². The second kappa shape index (κ2) is 5.09. The molecule has 2 atom stereocenters. The molecule has 1 saturated heterocycles. The van der Waals surface area contributed by atoms with Crippen LogP contribution < -0.4 is 5.32 Å². The van der Waals surface area contributed by atoms with E-state index in [0.717, 1.165) is 0 Å². The minimum Gasteiger partial charge on any atom is -0.347 e. The highest BCUT2D eigenvalue weighted by molar-refractivity contribution is 7.91. The second-order valence-electron chi connectivity index (χ2n) is 4.74. The van der Waals surface area contributed by atoms with Gasteiger partial charge in [0.05, 0.1) is 17.5 Å². The smallest absolute Gasteiger partial charge is 0.220 e. The van der Waals surface area contributed by atoms with Crippen molar-refractivity contribution in [3.8, 4) is 0 Å². The molecule has 7 heteroatoms. The highest BCUT2D eigenvalue weighted by atomic mass is 32.2. The van der Waals surface area contributed by atoms with Crippen LogP contribution in [0.4, 0.5) is 0 Å². The molecule has 0 aliphatic carbocycles. The normalized spacial score (nSPS) is 23.7. The first kappa shape index (κ1) is 13.1. The van der Waals surface area contributed by atoms with E-state index in [1.807, 2.05) is 6.92 Å². The fourth-order valence-electron chi connectivity index (χ4n) is 2.18. The van der Waals surface area contributed by atoms with Gasteiger partial charge in [-0.2, -0.15) is 0 Å². The van der Waals surface area contributed by atoms with Crippen LogP contribution in [-0.4, -0.2) is 35.8 Å². The van der Waals surface area contributed by atoms with Gasteiger partial charge in [-0.3, -0.25) is 4.79 Å². The number of H-pyrrole nitrogens is 1. The molecule has 18 heavy (non-hydrogen) atoms. The summed E-state index contributed by atoms with van der Waals surface area (Å²) in [6, 6.07) is -0.189. The van der Waals surface area contributed by atoms with Gasteiger partial charge in [0.1, 0.15) is 5.82 Å². The standard InChI is InChI=1S/C11H17N3O3S/c1-8(11-12-3-4-13-11)14-10(15)6-9-2-5-18(16,17)7-9/h3-4,8-9H,2,5-7H2,1H3,(H,12,13)(H,14,15). The summed E-state index contributed by atoms with van der Waals surface area (Å²) in [4.78, 5) is 18.8. The Morgan fingerprint density at radius 3 is 3.00 bits per heavy atom. The van der Waals surface area contributed by atoms with Crippen molar-refractivity contribution in [1.29, 1.82) is 0 Å². The monoisotopic (exact) mass is 271 g/mol. The average molecular weight is 271 g/mol. The number of nitrogens with zero attached hydrogens (tertiary/aromatic N) is 1. The zero-order valence-electron chi connectivity index (χ0n) is 10.2. The lowest BCUT2D eigenvalue weighted by molar-refractivity contribution is -0.122. The largest absolute Gasteiger partial charge is 0.347 e. The molecule has 0 spiro atoms. The molecule has 1 aromatic rings. The first-order valence-electron chi connectivity index (χ1n) is 5.95. The van der Waals surface area contributed by atoms with Gasteiger partial charge in [0.2, 0.25) is 5.91 Å². The summed E-state index contributed by atoms with van der Waals surface area (Å²) in [5.74, 6) is 0.871. The number of sulfone groups is 1. The number of hydrogen-bond acceptors (Lipinski definition) is 4. The van der Waals surface area contributed by atoms with Gasteiger partial charge in [0.25, 0.3) is 0 Å². The summed E-state index contributed by atoms with van der Waals surface area (Å²) in [5.41, 5.74) is 0. The topological polar surface area (TPSA) is 91.9 Å². The number of amides is 1. The molecule has 0 aromatic carbocycles. The Morgan fingerprint density at radius 2 is 2.44 bits per heavy atom. The highest BCUT2D eigenvalue weighted by Crippen LogP contribution is 2.21. The molecule has 6 nitrogen and oxygen atoms in total. The summed E-state index contributed by atoms with van der Waals surface area (Å²) in [5, 5.41) is 2.81. The van der Waals surface area contributed by atoms with Crippen LogP contribution in [0.5, 0.6) is 0 Å². The van der Waals surface area contributed by atoms with Crippen LogP contribution in [0.15, 0.2) is 12.4 Å². The molecule has 1 fully saturated rings. The van der Waals surface area contributed by atoms with E-state index < -0.39 is 9.84 Å². The van der Waals surface area contributed by atoms with Gasteiger partial charge in [0, 0.05) is 18.8 Å². The number of imidazole rings is 1. The van der Waals surface area contributed by atoms with Crippen molar-refractivity contribution >= 4 is 15.7 Å². The first-order chi connectivity index (χ1) is 8.46. The Hall–Kier alpha value is -1.37. The minimum atomic E-state index is -2.91. The maximum atomic E-state index is 11.8. The van der Waals surface area contributed by atoms with Crippen LogP contribution in [0.1, 0.15) is 31.6 Å². The summed E-state index contributed by atoms with van der Waals surface area (Å²) in [7, 11) is -2.91. The number of nitrogens with one attached hydrogen (secondary N) is 2. The third-order valence-corrected chi connectivity index (χ3v) is 4.94. The van der Waals surface area contributed by atoms with E-state index in [4.69, 9.17) is 0 Å². The number of aromatic amines is 1. The van der Waals surface area contributed by atoms with Crippen LogP contribution in [-0.2, 0) is 14.6 Å². The number of rotatable bonds is 4. The number of aromatic nitrogens is 2. The fourth-order valence-corrected chi connectivity index (χ4v) is 4.04. The Labute approximate surface area is 106 Å². The van der Waals surface area contributed by atoms with Crippen molar-refractivity contribution in [1.82, 2.24) is 15.3 Å². The molecule has 1 aliphatic heterocycles. The Kier molecular flexibility index (Phi) is 3.70. The van der Waals surface area contributed by atoms with Crippen molar-refractivity contribution in [3.05, 3.63) is 18.2 Å². The lowest BCUT2D eigenvalue weighted by Gasteiger charge is -2.13. The quantitative estimate of drug-likeness (QED) is 0.829. The van der Waals surface area contributed by atoms with Gasteiger partial charge in [-0.05, 0) is 19.3 Å². The van der Waals surface area contributed by atoms with Crippen molar-refractivity contribution in [2.45, 2.75) is 25.8 Å². The van der Waals surface area contributed by atoms with Gasteiger partial charge >= 0.3 is 0 Å². The maximum absolute atomic E-state index is 11.8. The second-order valence-corrected chi connectivity index (χ2v) is 6.97. The van der Waals surface area contributed by atoms with Crippen LogP contribution in [0.3, 0.4) is 0 Å². The van der Waals surface area contributed by atoms with Crippen LogP contribution >= 0.6 is 0 Å². The molecule has 100 valence electrons. The third-order valence-electron chi connectivity index (χ3n) is 3.11. The molecule has 2 rings (SSSR count). The predicted octanol–water partition coefficient (Wildman–Crippen LogP) is 0.412. The average Bonchev–Trinajstić information content (AvgIpc) is 2.87. The number of hydrogen-bond donors (Lipinski definition) is 2. The van der Waals surface area contributed by atoms with Crippen molar-refractivity contribution in [2.75, 3.05) is 11.5 Å². The fraction of sp³-hybridized carbons (Fsp3) is 0.636. The van der Waals surface area contributed by atoms with Gasteiger partial charge in [-0.15, -0.1) is 0 Å². The van der Waals surface area contributed by atoms with Gasteiger partial charge in [-0.25, -0.2) is 13.4 Å². The Balaban J connectivity index is 1.83. The van der Waals surface area contributed by atoms with Crippen molar-refractivity contribution in [3.63, 3.8) is 0 Å². The summed E-state index contributed by atoms with van der Waals surface area (Å²) in [6.45, 7) is 1.84. The van der Waals surface area contributed by atoms with Crippen molar-refractivity contribution in [2.24, 2.45) is 5.92 Å². The minimum absolute atomic E-state index is 0.0428. The SMILES string of the molecule is CC(NC(=O)CC1CCS(=O)(=O)C1)c1ncc[nH]1. The summed E-state index contributed by atoms with van der Waals surface area (Å²) >= 11 is 0. The lowest BCUT2D eigenvalue weighted by Crippen LogP contribution is -2.29. The number of carbonyl (C=O) groups is 1. The summed E-state index contributed by atoms with van der Waals surface area (Å²) < 4.78 is 22.6. The molecule has 0 saturated carbocycles. The van der Waals surface area contributed by atoms with E-state index in [9.17, 15) is 13.2 Å². The molecular formula is C11H17N3O3S. The van der Waals surface area contributed by atoms with E-state index in [2.05, 4.69) is 15.3 Å². The van der Waals surface area contributed by atoms with Gasteiger partial charge in [0.15, 0.2) is 9.84 Å². The third kappa shape index (κ3) is 3.32. The highest BCUT2D eigenvalue weighted by Gasteiger charge is 2.29. The zero-order valence-corrected chi connectivity index (χ0v) is 11.0. The molecule has 2 unspecified atom stereocenters. The van der Waals surface area contributed by atoms with Crippen LogP contribution in [0.25, 0.3) is 0 Å². The van der Waals surface area contributed by atoms with Gasteiger partial charge in [-0.1, -0.05) is 0 Å². The maximum Gasteiger partial charge on any atom is 0.220 e. The molecular weight excluding hydrogens is 254 g/mol. The van der Waals surface area contributed by atoms with Crippen molar-refractivity contribution < 1.29 is 13.2 Å². The molecule has 0 bridgehead atoms. The zero-order chi connectivity index (χ0) is 13.2. The Bertz CT molecular complexity index is 510. The van der Waals surface area contributed by atoms with Gasteiger partial charge < -0.3 is 10.3 Å². The molecule has 1 aliphatic rings. The van der Waals surface area contributed by atoms with E-state index in [0.29, 0.717) is 12.2 Å². The molecule has 2 N–H and O–H groups in total. The molecule has 1 amide bonds. The Morgan fingerprint density at radius 1 is 1.67 bits per heavy atom. The van der Waals surface area contributed by atoms with E-state index in [1.165, 1.54) is 0 Å². The summed E-state index contributed by atoms with van der Waals surface area (Å²) in [6.07, 6.45) is 4.18. The lowest BCUT2D eigenvalue weighted by atomic mass is 10.0. The van der Waals surface area contributed by atoms with E-state index >= 15 is 0 Å². The number of carbonyl (C=O) groups excluding carboxylic acids is 1. The van der Waals surface area contributed by atoms with Crippen LogP contribution in [0, 0.1) is 5.92 Å². The molecule has 1 aromatic heterocycles. The first-order valence-corrected chi connectivity index (χ1v) is 7.77.